The number of para-hydroxylation sites is 1. The highest BCUT2D eigenvalue weighted by Gasteiger charge is 2.17. The van der Waals surface area contributed by atoms with Gasteiger partial charge >= 0.3 is 0 Å². The van der Waals surface area contributed by atoms with Crippen molar-refractivity contribution in [2.24, 2.45) is 11.5 Å². The summed E-state index contributed by atoms with van der Waals surface area (Å²) in [5.74, 6) is 0.960. The Bertz CT molecular complexity index is 571. The standard InChI is InChI=1S/C17H25Cl2N3O2/c1-17(2,12-24-16(21)9-8-15(19)20)22-10-5-11-23-14-7-4-3-6-13(14)18/h3-4,6-9,22H,5,10-12,20-21H2,1-2H3/b15-8-,16-9+. The van der Waals surface area contributed by atoms with Gasteiger partial charge in [-0.25, -0.2) is 0 Å². The Balaban J connectivity index is 2.24. The summed E-state index contributed by atoms with van der Waals surface area (Å²) in [5.41, 5.74) is 10.8. The fourth-order valence-corrected chi connectivity index (χ4v) is 2.02. The van der Waals surface area contributed by atoms with Gasteiger partial charge in [0.25, 0.3) is 0 Å². The normalized spacial score (nSPS) is 13.0. The summed E-state index contributed by atoms with van der Waals surface area (Å²) in [7, 11) is 0. The lowest BCUT2D eigenvalue weighted by Gasteiger charge is -2.26. The molecule has 1 aromatic carbocycles. The molecule has 0 aliphatic carbocycles. The van der Waals surface area contributed by atoms with Gasteiger partial charge in [-0.1, -0.05) is 35.3 Å². The first-order valence-electron chi connectivity index (χ1n) is 7.64. The highest BCUT2D eigenvalue weighted by molar-refractivity contribution is 6.32. The summed E-state index contributed by atoms with van der Waals surface area (Å²) in [6.07, 6.45) is 3.84. The van der Waals surface area contributed by atoms with Gasteiger partial charge < -0.3 is 26.3 Å². The quantitative estimate of drug-likeness (QED) is 0.253. The topological polar surface area (TPSA) is 82.5 Å². The summed E-state index contributed by atoms with van der Waals surface area (Å²) in [6.45, 7) is 5.83. The Morgan fingerprint density at radius 2 is 1.96 bits per heavy atom. The molecule has 0 aliphatic heterocycles. The fraction of sp³-hybridized carbons (Fsp3) is 0.412. The Labute approximate surface area is 153 Å². The second-order valence-corrected chi connectivity index (χ2v) is 6.70. The summed E-state index contributed by atoms with van der Waals surface area (Å²) in [5, 5.41) is 4.16. The van der Waals surface area contributed by atoms with Crippen LogP contribution in [0.15, 0.2) is 47.5 Å². The maximum atomic E-state index is 6.03. The van der Waals surface area contributed by atoms with Crippen LogP contribution < -0.4 is 21.5 Å². The van der Waals surface area contributed by atoms with E-state index in [1.807, 2.05) is 32.0 Å². The van der Waals surface area contributed by atoms with E-state index >= 15 is 0 Å². The highest BCUT2D eigenvalue weighted by Crippen LogP contribution is 2.23. The van der Waals surface area contributed by atoms with Crippen molar-refractivity contribution in [2.45, 2.75) is 25.8 Å². The van der Waals surface area contributed by atoms with Crippen LogP contribution in [-0.2, 0) is 4.74 Å². The van der Waals surface area contributed by atoms with Crippen molar-refractivity contribution >= 4 is 23.2 Å². The van der Waals surface area contributed by atoms with E-state index in [2.05, 4.69) is 5.32 Å². The molecule has 24 heavy (non-hydrogen) atoms. The number of halogens is 2. The van der Waals surface area contributed by atoms with Crippen LogP contribution in [0.1, 0.15) is 20.3 Å². The highest BCUT2D eigenvalue weighted by atomic mass is 35.5. The summed E-state index contributed by atoms with van der Waals surface area (Å²) in [6, 6.07) is 7.42. The number of nitrogens with one attached hydrogen (secondary N) is 1. The first-order chi connectivity index (χ1) is 11.3. The van der Waals surface area contributed by atoms with Crippen LogP contribution in [0.5, 0.6) is 5.75 Å². The predicted molar refractivity (Wildman–Crippen MR) is 100.0 cm³/mol. The lowest BCUT2D eigenvalue weighted by atomic mass is 10.1. The van der Waals surface area contributed by atoms with E-state index in [0.717, 1.165) is 13.0 Å². The Morgan fingerprint density at radius 3 is 2.62 bits per heavy atom. The molecule has 0 saturated carbocycles. The average molecular weight is 374 g/mol. The van der Waals surface area contributed by atoms with Gasteiger partial charge in [-0.2, -0.15) is 0 Å². The second-order valence-electron chi connectivity index (χ2n) is 5.85. The molecule has 0 atom stereocenters. The zero-order valence-corrected chi connectivity index (χ0v) is 15.5. The maximum Gasteiger partial charge on any atom is 0.184 e. The molecule has 5 nitrogen and oxygen atoms in total. The van der Waals surface area contributed by atoms with Gasteiger partial charge in [-0.3, -0.25) is 0 Å². The van der Waals surface area contributed by atoms with Crippen LogP contribution in [0.2, 0.25) is 5.02 Å². The van der Waals surface area contributed by atoms with Crippen LogP contribution in [0.4, 0.5) is 0 Å². The van der Waals surface area contributed by atoms with E-state index in [9.17, 15) is 0 Å². The van der Waals surface area contributed by atoms with Crippen molar-refractivity contribution < 1.29 is 9.47 Å². The van der Waals surface area contributed by atoms with Gasteiger partial charge in [-0.05, 0) is 45.0 Å². The minimum Gasteiger partial charge on any atom is -0.492 e. The van der Waals surface area contributed by atoms with Crippen LogP contribution in [-0.4, -0.2) is 25.3 Å². The van der Waals surface area contributed by atoms with Crippen molar-refractivity contribution in [1.29, 1.82) is 0 Å². The first kappa shape index (κ1) is 20.5. The molecule has 0 radical (unpaired) electrons. The van der Waals surface area contributed by atoms with Gasteiger partial charge in [0.2, 0.25) is 0 Å². The molecule has 1 aromatic rings. The number of allylic oxidation sites excluding steroid dienone is 2. The largest absolute Gasteiger partial charge is 0.492 e. The molecule has 0 heterocycles. The van der Waals surface area contributed by atoms with Gasteiger partial charge in [0.1, 0.15) is 12.4 Å². The van der Waals surface area contributed by atoms with Gasteiger partial charge in [-0.15, -0.1) is 0 Å². The molecular weight excluding hydrogens is 349 g/mol. The minimum absolute atomic E-state index is 0.150. The molecular formula is C17H25Cl2N3O2. The van der Waals surface area contributed by atoms with E-state index < -0.39 is 0 Å². The average Bonchev–Trinajstić information content (AvgIpc) is 2.52. The van der Waals surface area contributed by atoms with Gasteiger partial charge in [0, 0.05) is 11.6 Å². The number of benzene rings is 1. The summed E-state index contributed by atoms with van der Waals surface area (Å²) in [4.78, 5) is 0. The number of hydrogen-bond acceptors (Lipinski definition) is 5. The Kier molecular flexibility index (Phi) is 8.82. The number of ether oxygens (including phenoxy) is 2. The van der Waals surface area contributed by atoms with Crippen LogP contribution in [0, 0.1) is 0 Å². The maximum absolute atomic E-state index is 6.03. The molecule has 0 unspecified atom stereocenters. The molecule has 5 N–H and O–H groups in total. The fourth-order valence-electron chi connectivity index (χ4n) is 1.77. The SMILES string of the molecule is CC(C)(CO/C(N)=C/C=C(\N)Cl)NCCCOc1ccccc1Cl. The van der Waals surface area contributed by atoms with E-state index in [4.69, 9.17) is 44.1 Å². The monoisotopic (exact) mass is 373 g/mol. The minimum atomic E-state index is -0.237. The first-order valence-corrected chi connectivity index (χ1v) is 8.39. The Hall–Kier alpha value is -1.56. The molecule has 7 heteroatoms. The molecule has 0 aliphatic rings. The number of rotatable bonds is 10. The molecule has 0 saturated heterocycles. The van der Waals surface area contributed by atoms with Crippen LogP contribution >= 0.6 is 23.2 Å². The molecule has 0 aromatic heterocycles. The van der Waals surface area contributed by atoms with Gasteiger partial charge in [0.15, 0.2) is 5.88 Å². The van der Waals surface area contributed by atoms with Crippen LogP contribution in [0.25, 0.3) is 0 Å². The molecule has 0 amide bonds. The predicted octanol–water partition coefficient (Wildman–Crippen LogP) is 3.33. The van der Waals surface area contributed by atoms with E-state index in [-0.39, 0.29) is 16.6 Å². The molecule has 134 valence electrons. The number of nitrogens with two attached hydrogens (primary N) is 2. The zero-order valence-electron chi connectivity index (χ0n) is 14.0. The third-order valence-corrected chi connectivity index (χ3v) is 3.46. The van der Waals surface area contributed by atoms with Crippen molar-refractivity contribution in [3.63, 3.8) is 0 Å². The summed E-state index contributed by atoms with van der Waals surface area (Å²) >= 11 is 11.5. The van der Waals surface area contributed by atoms with Crippen molar-refractivity contribution in [3.05, 3.63) is 52.5 Å². The lowest BCUT2D eigenvalue weighted by molar-refractivity contribution is 0.136. The molecule has 1 rings (SSSR count). The molecule has 0 bridgehead atoms. The zero-order chi connectivity index (χ0) is 18.0. The van der Waals surface area contributed by atoms with E-state index in [1.54, 1.807) is 6.07 Å². The third-order valence-electron chi connectivity index (χ3n) is 3.03. The van der Waals surface area contributed by atoms with Crippen molar-refractivity contribution in [1.82, 2.24) is 5.32 Å². The van der Waals surface area contributed by atoms with Crippen molar-refractivity contribution in [2.75, 3.05) is 19.8 Å². The second kappa shape index (κ2) is 10.3. The van der Waals surface area contributed by atoms with Crippen LogP contribution in [0.3, 0.4) is 0 Å². The summed E-state index contributed by atoms with van der Waals surface area (Å²) < 4.78 is 11.1. The molecule has 0 fully saturated rings. The van der Waals surface area contributed by atoms with Gasteiger partial charge in [0.05, 0.1) is 16.8 Å². The van der Waals surface area contributed by atoms with E-state index in [0.29, 0.717) is 24.0 Å². The molecule has 0 spiro atoms. The Morgan fingerprint density at radius 1 is 1.25 bits per heavy atom. The van der Waals surface area contributed by atoms with Crippen molar-refractivity contribution in [3.8, 4) is 5.75 Å². The lowest BCUT2D eigenvalue weighted by Crippen LogP contribution is -2.44. The number of hydrogen-bond donors (Lipinski definition) is 3. The third kappa shape index (κ3) is 8.91. The smallest absolute Gasteiger partial charge is 0.184 e. The van der Waals surface area contributed by atoms with E-state index in [1.165, 1.54) is 12.2 Å².